The van der Waals surface area contributed by atoms with Gasteiger partial charge in [0.25, 0.3) is 0 Å². The van der Waals surface area contributed by atoms with Crippen molar-refractivity contribution in [2.24, 2.45) is 0 Å². The molecular weight excluding hydrogens is 316 g/mol. The molecule has 0 aliphatic carbocycles. The largest absolute Gasteiger partial charge is 0.494 e. The second kappa shape index (κ2) is 9.47. The van der Waals surface area contributed by atoms with Crippen molar-refractivity contribution >= 4 is 17.5 Å². The highest BCUT2D eigenvalue weighted by Gasteiger charge is 2.13. The minimum absolute atomic E-state index is 0.323. The Morgan fingerprint density at radius 2 is 1.72 bits per heavy atom. The number of hydrogen-bond donors (Lipinski definition) is 2. The number of ether oxygens (including phenoxy) is 1. The second-order valence-corrected chi connectivity index (χ2v) is 5.79. The zero-order valence-corrected chi connectivity index (χ0v) is 14.7. The lowest BCUT2D eigenvalue weighted by molar-refractivity contribution is -0.136. The third-order valence-corrected chi connectivity index (χ3v) is 3.79. The van der Waals surface area contributed by atoms with Gasteiger partial charge in [-0.3, -0.25) is 9.59 Å². The maximum Gasteiger partial charge on any atom is 0.313 e. The summed E-state index contributed by atoms with van der Waals surface area (Å²) in [6.07, 6.45) is 2.07. The van der Waals surface area contributed by atoms with Crippen LogP contribution in [0, 0.1) is 6.92 Å². The van der Waals surface area contributed by atoms with E-state index in [9.17, 15) is 9.59 Å². The van der Waals surface area contributed by atoms with Gasteiger partial charge in [0.2, 0.25) is 0 Å². The fourth-order valence-electron chi connectivity index (χ4n) is 2.22. The van der Waals surface area contributed by atoms with E-state index in [4.69, 9.17) is 4.74 Å². The fraction of sp³-hybridized carbons (Fsp3) is 0.300. The standard InChI is InChI=1S/C20H24N2O3/c1-3-4-13-25-18-11-9-17(10-12-18)22-20(24)19(23)21-14-16-8-6-5-7-15(16)2/h5-12H,3-4,13-14H2,1-2H3,(H,21,23)(H,22,24). The molecule has 5 heteroatoms. The summed E-state index contributed by atoms with van der Waals surface area (Å²) in [6.45, 7) is 5.06. The summed E-state index contributed by atoms with van der Waals surface area (Å²) in [5, 5.41) is 5.21. The number of amides is 2. The first-order valence-electron chi connectivity index (χ1n) is 8.46. The Morgan fingerprint density at radius 3 is 2.40 bits per heavy atom. The molecule has 0 bridgehead atoms. The van der Waals surface area contributed by atoms with Crippen molar-refractivity contribution in [3.63, 3.8) is 0 Å². The van der Waals surface area contributed by atoms with E-state index in [2.05, 4.69) is 17.6 Å². The fourth-order valence-corrected chi connectivity index (χ4v) is 2.22. The van der Waals surface area contributed by atoms with Gasteiger partial charge in [-0.05, 0) is 48.7 Å². The molecule has 2 amide bonds. The lowest BCUT2D eigenvalue weighted by Crippen LogP contribution is -2.35. The number of rotatable bonds is 7. The molecule has 0 atom stereocenters. The predicted molar refractivity (Wildman–Crippen MR) is 98.5 cm³/mol. The SMILES string of the molecule is CCCCOc1ccc(NC(=O)C(=O)NCc2ccccc2C)cc1. The van der Waals surface area contributed by atoms with Crippen molar-refractivity contribution in [2.75, 3.05) is 11.9 Å². The molecule has 0 heterocycles. The van der Waals surface area contributed by atoms with Gasteiger partial charge in [-0.1, -0.05) is 37.6 Å². The number of anilines is 1. The van der Waals surface area contributed by atoms with Crippen molar-refractivity contribution in [2.45, 2.75) is 33.2 Å². The molecule has 2 aromatic carbocycles. The third kappa shape index (κ3) is 5.95. The number of carbonyl (C=O) groups excluding carboxylic acids is 2. The smallest absolute Gasteiger partial charge is 0.313 e. The van der Waals surface area contributed by atoms with E-state index < -0.39 is 11.8 Å². The van der Waals surface area contributed by atoms with E-state index in [1.807, 2.05) is 31.2 Å². The highest BCUT2D eigenvalue weighted by atomic mass is 16.5. The predicted octanol–water partition coefficient (Wildman–Crippen LogP) is 3.43. The first-order valence-corrected chi connectivity index (χ1v) is 8.46. The Hall–Kier alpha value is -2.82. The maximum absolute atomic E-state index is 12.0. The Morgan fingerprint density at radius 1 is 1.00 bits per heavy atom. The zero-order chi connectivity index (χ0) is 18.1. The van der Waals surface area contributed by atoms with E-state index in [-0.39, 0.29) is 0 Å². The molecule has 5 nitrogen and oxygen atoms in total. The molecule has 0 saturated carbocycles. The van der Waals surface area contributed by atoms with Gasteiger partial charge in [0.1, 0.15) is 5.75 Å². The minimum Gasteiger partial charge on any atom is -0.494 e. The third-order valence-electron chi connectivity index (χ3n) is 3.79. The van der Waals surface area contributed by atoms with Gasteiger partial charge in [0, 0.05) is 12.2 Å². The summed E-state index contributed by atoms with van der Waals surface area (Å²) in [4.78, 5) is 23.9. The van der Waals surface area contributed by atoms with Crippen molar-refractivity contribution in [3.05, 3.63) is 59.7 Å². The van der Waals surface area contributed by atoms with Crippen molar-refractivity contribution in [1.82, 2.24) is 5.32 Å². The number of carbonyl (C=O) groups is 2. The van der Waals surface area contributed by atoms with Gasteiger partial charge < -0.3 is 15.4 Å². The summed E-state index contributed by atoms with van der Waals surface area (Å²) in [5.74, 6) is -0.602. The summed E-state index contributed by atoms with van der Waals surface area (Å²) >= 11 is 0. The van der Waals surface area contributed by atoms with E-state index in [1.165, 1.54) is 0 Å². The van der Waals surface area contributed by atoms with Gasteiger partial charge in [-0.2, -0.15) is 0 Å². The molecule has 0 radical (unpaired) electrons. The van der Waals surface area contributed by atoms with Crippen LogP contribution in [0.25, 0.3) is 0 Å². The van der Waals surface area contributed by atoms with Crippen LogP contribution < -0.4 is 15.4 Å². The number of hydrogen-bond acceptors (Lipinski definition) is 3. The molecule has 0 aromatic heterocycles. The second-order valence-electron chi connectivity index (χ2n) is 5.79. The Balaban J connectivity index is 1.82. The summed E-state index contributed by atoms with van der Waals surface area (Å²) in [7, 11) is 0. The van der Waals surface area contributed by atoms with E-state index in [0.717, 1.165) is 29.7 Å². The topological polar surface area (TPSA) is 67.4 Å². The van der Waals surface area contributed by atoms with Gasteiger partial charge in [0.15, 0.2) is 0 Å². The number of aryl methyl sites for hydroxylation is 1. The van der Waals surface area contributed by atoms with Crippen molar-refractivity contribution < 1.29 is 14.3 Å². The van der Waals surface area contributed by atoms with Gasteiger partial charge >= 0.3 is 11.8 Å². The molecule has 0 fully saturated rings. The maximum atomic E-state index is 12.0. The molecule has 0 spiro atoms. The number of nitrogens with one attached hydrogen (secondary N) is 2. The summed E-state index contributed by atoms with van der Waals surface area (Å²) in [6, 6.07) is 14.7. The molecule has 2 N–H and O–H groups in total. The zero-order valence-electron chi connectivity index (χ0n) is 14.7. The summed E-state index contributed by atoms with van der Waals surface area (Å²) in [5.41, 5.74) is 2.61. The average molecular weight is 340 g/mol. The Labute approximate surface area is 148 Å². The van der Waals surface area contributed by atoms with Gasteiger partial charge in [0.05, 0.1) is 6.61 Å². The quantitative estimate of drug-likeness (QED) is 0.599. The van der Waals surface area contributed by atoms with Crippen LogP contribution in [0.4, 0.5) is 5.69 Å². The van der Waals surface area contributed by atoms with Crippen LogP contribution in [0.2, 0.25) is 0 Å². The van der Waals surface area contributed by atoms with E-state index in [1.54, 1.807) is 24.3 Å². The number of benzene rings is 2. The monoisotopic (exact) mass is 340 g/mol. The summed E-state index contributed by atoms with van der Waals surface area (Å²) < 4.78 is 5.56. The lowest BCUT2D eigenvalue weighted by Gasteiger charge is -2.09. The van der Waals surface area contributed by atoms with Gasteiger partial charge in [-0.25, -0.2) is 0 Å². The number of unbranched alkanes of at least 4 members (excludes halogenated alkanes) is 1. The molecule has 0 aliphatic heterocycles. The first-order chi connectivity index (χ1) is 12.1. The van der Waals surface area contributed by atoms with Crippen LogP contribution >= 0.6 is 0 Å². The average Bonchev–Trinajstić information content (AvgIpc) is 2.62. The molecular formula is C20H24N2O3. The van der Waals surface area contributed by atoms with Crippen LogP contribution in [-0.2, 0) is 16.1 Å². The van der Waals surface area contributed by atoms with Gasteiger partial charge in [-0.15, -0.1) is 0 Å². The molecule has 2 aromatic rings. The van der Waals surface area contributed by atoms with E-state index in [0.29, 0.717) is 18.8 Å². The van der Waals surface area contributed by atoms with Crippen LogP contribution in [-0.4, -0.2) is 18.4 Å². The highest BCUT2D eigenvalue weighted by Crippen LogP contribution is 2.16. The molecule has 132 valence electrons. The van der Waals surface area contributed by atoms with Crippen molar-refractivity contribution in [3.8, 4) is 5.75 Å². The normalized spacial score (nSPS) is 10.2. The van der Waals surface area contributed by atoms with Crippen LogP contribution in [0.3, 0.4) is 0 Å². The van der Waals surface area contributed by atoms with Crippen LogP contribution in [0.15, 0.2) is 48.5 Å². The molecule has 0 unspecified atom stereocenters. The lowest BCUT2D eigenvalue weighted by atomic mass is 10.1. The first kappa shape index (κ1) is 18.5. The molecule has 25 heavy (non-hydrogen) atoms. The van der Waals surface area contributed by atoms with Crippen molar-refractivity contribution in [1.29, 1.82) is 0 Å². The van der Waals surface area contributed by atoms with Crippen LogP contribution in [0.1, 0.15) is 30.9 Å². The molecule has 2 rings (SSSR count). The van der Waals surface area contributed by atoms with Crippen LogP contribution in [0.5, 0.6) is 5.75 Å². The van der Waals surface area contributed by atoms with E-state index >= 15 is 0 Å². The minimum atomic E-state index is -0.687. The molecule has 0 aliphatic rings. The Kier molecular flexibility index (Phi) is 7.01. The Bertz CT molecular complexity index is 711. The molecule has 0 saturated heterocycles. The highest BCUT2D eigenvalue weighted by molar-refractivity contribution is 6.39.